The molecule has 0 atom stereocenters. The molecule has 0 unspecified atom stereocenters. The van der Waals surface area contributed by atoms with Gasteiger partial charge in [0.05, 0.1) is 20.8 Å². The van der Waals surface area contributed by atoms with Gasteiger partial charge in [0.1, 0.15) is 5.58 Å². The van der Waals surface area contributed by atoms with Crippen molar-refractivity contribution < 1.29 is 24.5 Å². The average Bonchev–Trinajstić information content (AvgIpc) is 3.62. The van der Waals surface area contributed by atoms with Crippen LogP contribution >= 0.6 is 11.3 Å². The molecule has 1 radical (unpaired) electrons. The van der Waals surface area contributed by atoms with Gasteiger partial charge in [0, 0.05) is 49.5 Å². The van der Waals surface area contributed by atoms with Gasteiger partial charge in [0.2, 0.25) is 0 Å². The summed E-state index contributed by atoms with van der Waals surface area (Å²) in [6.45, 7) is 10.9. The number of aryl methyl sites for hydroxylation is 3. The van der Waals surface area contributed by atoms with Crippen LogP contribution in [0, 0.1) is 32.9 Å². The van der Waals surface area contributed by atoms with Crippen molar-refractivity contribution in [2.75, 3.05) is 0 Å². The standard InChI is InChI=1S/C30H25N2OS.C11H8N.Ir/c1-16(2)22-12-25(31-15-24(22)29-17(3)8-6-9-18(29)4)21-11-7-10-20-23-13-28-26(32-19(5)34-28)14-27(23)33-30(20)21;1-2-6-10(7-3-1)11-8-4-5-9-12-11;/h6-10,12-16H,1-5H3;1-6,8-9H;/q2*-1;. The topological polar surface area (TPSA) is 51.8 Å². The van der Waals surface area contributed by atoms with Gasteiger partial charge in [0.15, 0.2) is 0 Å². The fraction of sp³-hybridized carbons (Fsp3) is 0.146. The van der Waals surface area contributed by atoms with Crippen LogP contribution in [0.25, 0.3) is 65.8 Å². The molecule has 0 aliphatic rings. The predicted molar refractivity (Wildman–Crippen MR) is 191 cm³/mol. The Morgan fingerprint density at radius 1 is 0.766 bits per heavy atom. The van der Waals surface area contributed by atoms with Crippen molar-refractivity contribution in [3.05, 3.63) is 137 Å². The number of rotatable bonds is 4. The Bertz CT molecular complexity index is 2270. The van der Waals surface area contributed by atoms with Crippen LogP contribution in [-0.4, -0.2) is 15.0 Å². The molecule has 8 aromatic rings. The van der Waals surface area contributed by atoms with E-state index < -0.39 is 0 Å². The third kappa shape index (κ3) is 6.42. The summed E-state index contributed by atoms with van der Waals surface area (Å²) in [6.07, 6.45) is 3.81. The molecule has 0 saturated carbocycles. The quantitative estimate of drug-likeness (QED) is 0.166. The summed E-state index contributed by atoms with van der Waals surface area (Å²) in [7, 11) is 0. The van der Waals surface area contributed by atoms with E-state index in [4.69, 9.17) is 9.40 Å². The molecule has 0 aliphatic carbocycles. The molecule has 4 heterocycles. The van der Waals surface area contributed by atoms with E-state index in [0.717, 1.165) is 55.0 Å². The van der Waals surface area contributed by atoms with E-state index in [0.29, 0.717) is 5.92 Å². The van der Waals surface area contributed by atoms with Crippen LogP contribution in [0.2, 0.25) is 0 Å². The zero-order chi connectivity index (χ0) is 31.8. The number of benzene rings is 4. The molecule has 0 N–H and O–H groups in total. The van der Waals surface area contributed by atoms with E-state index in [2.05, 4.69) is 92.3 Å². The van der Waals surface area contributed by atoms with Crippen LogP contribution in [0.5, 0.6) is 0 Å². The van der Waals surface area contributed by atoms with Gasteiger partial charge in [-0.2, -0.15) is 0 Å². The molecular weight excluding hydrogens is 775 g/mol. The van der Waals surface area contributed by atoms with E-state index in [9.17, 15) is 0 Å². The Morgan fingerprint density at radius 3 is 2.30 bits per heavy atom. The fourth-order valence-electron chi connectivity index (χ4n) is 6.08. The third-order valence-electron chi connectivity index (χ3n) is 8.26. The summed E-state index contributed by atoms with van der Waals surface area (Å²) in [5, 5.41) is 3.26. The number of fused-ring (bicyclic) bond motifs is 4. The van der Waals surface area contributed by atoms with Crippen LogP contribution in [0.4, 0.5) is 0 Å². The van der Waals surface area contributed by atoms with Crippen molar-refractivity contribution in [1.29, 1.82) is 0 Å². The Hall–Kier alpha value is -4.48. The minimum atomic E-state index is 0. The Morgan fingerprint density at radius 2 is 1.57 bits per heavy atom. The minimum absolute atomic E-state index is 0. The molecule has 6 heteroatoms. The normalized spacial score (nSPS) is 11.1. The van der Waals surface area contributed by atoms with Crippen molar-refractivity contribution in [2.45, 2.75) is 40.5 Å². The maximum Gasteiger partial charge on any atom is 0.123 e. The smallest absolute Gasteiger partial charge is 0.123 e. The summed E-state index contributed by atoms with van der Waals surface area (Å²) in [6, 6.07) is 37.2. The molecule has 0 bridgehead atoms. The predicted octanol–water partition coefficient (Wildman–Crippen LogP) is 11.3. The second-order valence-corrected chi connectivity index (χ2v) is 13.1. The van der Waals surface area contributed by atoms with Crippen molar-refractivity contribution in [3.63, 3.8) is 0 Å². The van der Waals surface area contributed by atoms with E-state index in [1.54, 1.807) is 17.5 Å². The van der Waals surface area contributed by atoms with Gasteiger partial charge >= 0.3 is 0 Å². The average molecular weight is 808 g/mol. The van der Waals surface area contributed by atoms with Crippen LogP contribution in [0.3, 0.4) is 0 Å². The zero-order valence-electron chi connectivity index (χ0n) is 26.9. The number of thiazole rings is 1. The van der Waals surface area contributed by atoms with E-state index >= 15 is 0 Å². The SMILES string of the molecule is Cc1nc2cc3oc4c(-c5cc(C(C)C)c(-c6c(C)cccc6C)cn5)[c-]ccc4c3cc2s1.[Ir].[c-]1ccccc1-c1ccccn1. The van der Waals surface area contributed by atoms with Gasteiger partial charge < -0.3 is 14.4 Å². The molecule has 235 valence electrons. The summed E-state index contributed by atoms with van der Waals surface area (Å²) < 4.78 is 7.58. The molecule has 47 heavy (non-hydrogen) atoms. The van der Waals surface area contributed by atoms with Crippen LogP contribution in [0.1, 0.15) is 41.5 Å². The number of furan rings is 1. The maximum atomic E-state index is 6.40. The summed E-state index contributed by atoms with van der Waals surface area (Å²) in [5.74, 6) is 0.353. The van der Waals surface area contributed by atoms with Gasteiger partial charge in [-0.15, -0.1) is 65.4 Å². The second kappa shape index (κ2) is 13.7. The van der Waals surface area contributed by atoms with Gasteiger partial charge in [0.25, 0.3) is 0 Å². The van der Waals surface area contributed by atoms with Crippen molar-refractivity contribution in [3.8, 4) is 33.6 Å². The monoisotopic (exact) mass is 808 g/mol. The second-order valence-electron chi connectivity index (χ2n) is 11.8. The Kier molecular flexibility index (Phi) is 9.47. The van der Waals surface area contributed by atoms with Crippen LogP contribution in [0.15, 0.2) is 108 Å². The Labute approximate surface area is 292 Å². The first-order valence-electron chi connectivity index (χ1n) is 15.5. The van der Waals surface area contributed by atoms with E-state index in [-0.39, 0.29) is 20.1 Å². The summed E-state index contributed by atoms with van der Waals surface area (Å²) in [5.41, 5.74) is 12.8. The van der Waals surface area contributed by atoms with Crippen LogP contribution in [-0.2, 0) is 20.1 Å². The van der Waals surface area contributed by atoms with Crippen LogP contribution < -0.4 is 0 Å². The molecule has 0 amide bonds. The van der Waals surface area contributed by atoms with Crippen molar-refractivity contribution >= 4 is 43.5 Å². The maximum absolute atomic E-state index is 6.40. The van der Waals surface area contributed by atoms with Gasteiger partial charge in [-0.25, -0.2) is 4.98 Å². The third-order valence-corrected chi connectivity index (χ3v) is 9.20. The molecule has 0 aliphatic heterocycles. The van der Waals surface area contributed by atoms with Gasteiger partial charge in [-0.05, 0) is 72.5 Å². The molecule has 8 rings (SSSR count). The number of aromatic nitrogens is 3. The van der Waals surface area contributed by atoms with E-state index in [1.165, 1.54) is 32.5 Å². The van der Waals surface area contributed by atoms with Gasteiger partial charge in [-0.1, -0.05) is 61.2 Å². The molecular formula is C41H33IrN3OS-2. The van der Waals surface area contributed by atoms with Gasteiger partial charge in [-0.3, -0.25) is 0 Å². The molecule has 4 aromatic heterocycles. The number of nitrogens with zero attached hydrogens (tertiary/aromatic N) is 3. The molecule has 0 saturated heterocycles. The number of hydrogen-bond donors (Lipinski definition) is 0. The van der Waals surface area contributed by atoms with E-state index in [1.807, 2.05) is 61.7 Å². The molecule has 4 aromatic carbocycles. The first-order valence-corrected chi connectivity index (χ1v) is 16.3. The largest absolute Gasteiger partial charge is 0.501 e. The Balaban J connectivity index is 0.000000250. The van der Waals surface area contributed by atoms with Crippen molar-refractivity contribution in [2.24, 2.45) is 0 Å². The first kappa shape index (κ1) is 32.5. The van der Waals surface area contributed by atoms with Crippen molar-refractivity contribution in [1.82, 2.24) is 15.0 Å². The first-order chi connectivity index (χ1) is 22.4. The number of pyridine rings is 2. The minimum Gasteiger partial charge on any atom is -0.501 e. The molecule has 0 spiro atoms. The zero-order valence-corrected chi connectivity index (χ0v) is 30.1. The fourth-order valence-corrected chi connectivity index (χ4v) is 6.92. The number of hydrogen-bond acceptors (Lipinski definition) is 5. The summed E-state index contributed by atoms with van der Waals surface area (Å²) in [4.78, 5) is 13.8. The molecule has 4 nitrogen and oxygen atoms in total. The summed E-state index contributed by atoms with van der Waals surface area (Å²) >= 11 is 1.71. The molecule has 0 fully saturated rings.